The van der Waals surface area contributed by atoms with E-state index in [1.807, 2.05) is 19.1 Å². The van der Waals surface area contributed by atoms with Crippen molar-refractivity contribution < 1.29 is 17.9 Å². The average molecular weight is 333 g/mol. The molecule has 0 atom stereocenters. The van der Waals surface area contributed by atoms with Crippen molar-refractivity contribution in [2.75, 3.05) is 13.2 Å². The van der Waals surface area contributed by atoms with Gasteiger partial charge >= 0.3 is 0 Å². The Morgan fingerprint density at radius 3 is 2.48 bits per heavy atom. The molecule has 2 aromatic carbocycles. The molecule has 5 nitrogen and oxygen atoms in total. The number of hydrogen-bond acceptors (Lipinski definition) is 4. The number of fused-ring (bicyclic) bond motifs is 1. The second-order valence-electron chi connectivity index (χ2n) is 5.57. The van der Waals surface area contributed by atoms with Crippen molar-refractivity contribution >= 4 is 10.0 Å². The van der Waals surface area contributed by atoms with Crippen LogP contribution in [0.1, 0.15) is 16.7 Å². The summed E-state index contributed by atoms with van der Waals surface area (Å²) in [7, 11) is -3.55. The van der Waals surface area contributed by atoms with Gasteiger partial charge in [-0.05, 0) is 43.2 Å². The lowest BCUT2D eigenvalue weighted by Crippen LogP contribution is -2.24. The minimum Gasteiger partial charge on any atom is -0.486 e. The molecule has 2 aromatic rings. The number of aryl methyl sites for hydroxylation is 2. The minimum absolute atomic E-state index is 0.201. The van der Waals surface area contributed by atoms with E-state index in [-0.39, 0.29) is 6.54 Å². The molecular formula is C17H19NO4S. The highest BCUT2D eigenvalue weighted by molar-refractivity contribution is 7.89. The van der Waals surface area contributed by atoms with Crippen LogP contribution in [0.2, 0.25) is 0 Å². The average Bonchev–Trinajstić information content (AvgIpc) is 2.52. The topological polar surface area (TPSA) is 64.6 Å². The summed E-state index contributed by atoms with van der Waals surface area (Å²) in [6.45, 7) is 4.97. The Morgan fingerprint density at radius 2 is 1.74 bits per heavy atom. The number of ether oxygens (including phenoxy) is 2. The molecular weight excluding hydrogens is 314 g/mol. The van der Waals surface area contributed by atoms with Gasteiger partial charge < -0.3 is 9.47 Å². The number of nitrogens with one attached hydrogen (secondary N) is 1. The molecule has 0 aliphatic carbocycles. The molecule has 0 fully saturated rings. The fourth-order valence-electron chi connectivity index (χ4n) is 2.55. The summed E-state index contributed by atoms with van der Waals surface area (Å²) in [5.41, 5.74) is 2.59. The highest BCUT2D eigenvalue weighted by Crippen LogP contribution is 2.30. The van der Waals surface area contributed by atoms with Crippen molar-refractivity contribution in [1.82, 2.24) is 4.72 Å². The first-order valence-corrected chi connectivity index (χ1v) is 8.89. The van der Waals surface area contributed by atoms with Gasteiger partial charge in [-0.25, -0.2) is 13.1 Å². The summed E-state index contributed by atoms with van der Waals surface area (Å²) >= 11 is 0. The van der Waals surface area contributed by atoms with E-state index < -0.39 is 10.0 Å². The Balaban J connectivity index is 1.76. The molecule has 0 aromatic heterocycles. The third-order valence-corrected chi connectivity index (χ3v) is 5.25. The van der Waals surface area contributed by atoms with E-state index in [2.05, 4.69) is 4.72 Å². The monoisotopic (exact) mass is 333 g/mol. The Hall–Kier alpha value is -2.05. The molecule has 0 radical (unpaired) electrons. The molecule has 1 aliphatic heterocycles. The van der Waals surface area contributed by atoms with E-state index in [9.17, 15) is 8.42 Å². The lowest BCUT2D eigenvalue weighted by Gasteiger charge is -2.19. The second-order valence-corrected chi connectivity index (χ2v) is 7.31. The summed E-state index contributed by atoms with van der Waals surface area (Å²) in [6, 6.07) is 10.7. The standard InChI is InChI=1S/C17H19NO4S/c1-12-3-6-17(13(2)9-12)23(19,20)18-11-14-4-5-15-16(10-14)22-8-7-21-15/h3-6,9-10,18H,7-8,11H2,1-2H3. The van der Waals surface area contributed by atoms with Gasteiger partial charge in [0.05, 0.1) is 4.90 Å². The Morgan fingerprint density at radius 1 is 1.00 bits per heavy atom. The number of sulfonamides is 1. The zero-order chi connectivity index (χ0) is 16.4. The van der Waals surface area contributed by atoms with Gasteiger partial charge in [0.2, 0.25) is 10.0 Å². The van der Waals surface area contributed by atoms with Crippen molar-refractivity contribution in [2.24, 2.45) is 0 Å². The number of benzene rings is 2. The quantitative estimate of drug-likeness (QED) is 0.934. The van der Waals surface area contributed by atoms with Crippen LogP contribution in [0, 0.1) is 13.8 Å². The zero-order valence-electron chi connectivity index (χ0n) is 13.1. The van der Waals surface area contributed by atoms with Gasteiger partial charge in [-0.3, -0.25) is 0 Å². The first-order valence-electron chi connectivity index (χ1n) is 7.41. The van der Waals surface area contributed by atoms with E-state index in [1.54, 1.807) is 31.2 Å². The molecule has 23 heavy (non-hydrogen) atoms. The van der Waals surface area contributed by atoms with Crippen LogP contribution in [0.5, 0.6) is 11.5 Å². The molecule has 3 rings (SSSR count). The molecule has 0 amide bonds. The highest BCUT2D eigenvalue weighted by Gasteiger charge is 2.17. The molecule has 1 N–H and O–H groups in total. The SMILES string of the molecule is Cc1ccc(S(=O)(=O)NCc2ccc3c(c2)OCCO3)c(C)c1. The summed E-state index contributed by atoms with van der Waals surface area (Å²) in [5, 5.41) is 0. The van der Waals surface area contributed by atoms with Crippen molar-refractivity contribution in [2.45, 2.75) is 25.3 Å². The molecule has 0 bridgehead atoms. The van der Waals surface area contributed by atoms with Crippen LogP contribution in [-0.4, -0.2) is 21.6 Å². The first-order chi connectivity index (χ1) is 11.0. The van der Waals surface area contributed by atoms with Crippen molar-refractivity contribution in [3.63, 3.8) is 0 Å². The fraction of sp³-hybridized carbons (Fsp3) is 0.294. The van der Waals surface area contributed by atoms with Crippen molar-refractivity contribution in [3.05, 3.63) is 53.1 Å². The van der Waals surface area contributed by atoms with Crippen LogP contribution >= 0.6 is 0 Å². The maximum absolute atomic E-state index is 12.5. The lowest BCUT2D eigenvalue weighted by atomic mass is 10.2. The normalized spacial score (nSPS) is 13.8. The molecule has 0 saturated heterocycles. The number of rotatable bonds is 4. The summed E-state index contributed by atoms with van der Waals surface area (Å²) in [5.74, 6) is 1.34. The molecule has 0 spiro atoms. The smallest absolute Gasteiger partial charge is 0.241 e. The van der Waals surface area contributed by atoms with Crippen molar-refractivity contribution in [3.8, 4) is 11.5 Å². The van der Waals surface area contributed by atoms with Crippen LogP contribution < -0.4 is 14.2 Å². The van der Waals surface area contributed by atoms with Gasteiger partial charge in [-0.15, -0.1) is 0 Å². The van der Waals surface area contributed by atoms with E-state index in [0.717, 1.165) is 16.7 Å². The molecule has 1 heterocycles. The third-order valence-electron chi connectivity index (χ3n) is 3.69. The van der Waals surface area contributed by atoms with Crippen LogP contribution in [0.3, 0.4) is 0 Å². The van der Waals surface area contributed by atoms with Gasteiger partial charge in [0.25, 0.3) is 0 Å². The summed E-state index contributed by atoms with van der Waals surface area (Å²) in [6.07, 6.45) is 0. The summed E-state index contributed by atoms with van der Waals surface area (Å²) < 4.78 is 38.5. The van der Waals surface area contributed by atoms with E-state index >= 15 is 0 Å². The number of hydrogen-bond donors (Lipinski definition) is 1. The highest BCUT2D eigenvalue weighted by atomic mass is 32.2. The third kappa shape index (κ3) is 3.48. The minimum atomic E-state index is -3.55. The Kier molecular flexibility index (Phi) is 4.28. The van der Waals surface area contributed by atoms with E-state index in [4.69, 9.17) is 9.47 Å². The van der Waals surface area contributed by atoms with Crippen LogP contribution in [0.4, 0.5) is 0 Å². The van der Waals surface area contributed by atoms with Gasteiger partial charge in [0.15, 0.2) is 11.5 Å². The fourth-order valence-corrected chi connectivity index (χ4v) is 3.80. The zero-order valence-corrected chi connectivity index (χ0v) is 13.9. The lowest BCUT2D eigenvalue weighted by molar-refractivity contribution is 0.171. The van der Waals surface area contributed by atoms with E-state index in [1.165, 1.54) is 0 Å². The summed E-state index contributed by atoms with van der Waals surface area (Å²) in [4.78, 5) is 0.306. The van der Waals surface area contributed by atoms with Crippen LogP contribution in [0.25, 0.3) is 0 Å². The van der Waals surface area contributed by atoms with Crippen LogP contribution in [-0.2, 0) is 16.6 Å². The van der Waals surface area contributed by atoms with Crippen LogP contribution in [0.15, 0.2) is 41.3 Å². The maximum atomic E-state index is 12.5. The second kappa shape index (κ2) is 6.22. The van der Waals surface area contributed by atoms with Gasteiger partial charge in [0, 0.05) is 6.54 Å². The van der Waals surface area contributed by atoms with Crippen molar-refractivity contribution in [1.29, 1.82) is 0 Å². The molecule has 122 valence electrons. The maximum Gasteiger partial charge on any atom is 0.241 e. The largest absolute Gasteiger partial charge is 0.486 e. The van der Waals surface area contributed by atoms with Gasteiger partial charge in [-0.1, -0.05) is 23.8 Å². The molecule has 0 saturated carbocycles. The van der Waals surface area contributed by atoms with E-state index in [0.29, 0.717) is 29.6 Å². The first kappa shape index (κ1) is 15.8. The predicted molar refractivity (Wildman–Crippen MR) is 87.4 cm³/mol. The Bertz CT molecular complexity index is 830. The molecule has 1 aliphatic rings. The van der Waals surface area contributed by atoms with Gasteiger partial charge in [0.1, 0.15) is 13.2 Å². The van der Waals surface area contributed by atoms with Gasteiger partial charge in [-0.2, -0.15) is 0 Å². The molecule has 0 unspecified atom stereocenters. The Labute approximate surface area is 136 Å². The predicted octanol–water partition coefficient (Wildman–Crippen LogP) is 2.55. The molecule has 6 heteroatoms.